The minimum atomic E-state index is -0.752. The van der Waals surface area contributed by atoms with E-state index in [1.54, 1.807) is 0 Å². The van der Waals surface area contributed by atoms with Gasteiger partial charge >= 0.3 is 5.97 Å². The molecule has 1 aromatic rings. The van der Waals surface area contributed by atoms with Gasteiger partial charge in [-0.3, -0.25) is 4.79 Å². The molecule has 100 valence electrons. The molecule has 0 saturated carbocycles. The molecule has 0 aromatic heterocycles. The van der Waals surface area contributed by atoms with Gasteiger partial charge in [0, 0.05) is 13.1 Å². The first-order valence-corrected chi connectivity index (χ1v) is 6.18. The third-order valence-electron chi connectivity index (χ3n) is 2.74. The van der Waals surface area contributed by atoms with Crippen molar-refractivity contribution in [3.8, 4) is 5.75 Å². The van der Waals surface area contributed by atoms with Gasteiger partial charge in [0.1, 0.15) is 5.75 Å². The normalized spacial score (nSPS) is 10.6. The highest BCUT2D eigenvalue weighted by Gasteiger charge is 2.03. The molecule has 0 aliphatic carbocycles. The molecule has 0 aliphatic rings. The molecule has 0 bridgehead atoms. The average Bonchev–Trinajstić information content (AvgIpc) is 2.34. The van der Waals surface area contributed by atoms with Crippen molar-refractivity contribution in [2.24, 2.45) is 0 Å². The summed E-state index contributed by atoms with van der Waals surface area (Å²) >= 11 is 0. The predicted octanol–water partition coefficient (Wildman–Crippen LogP) is 2.17. The first kappa shape index (κ1) is 14.5. The van der Waals surface area contributed by atoms with Crippen LogP contribution in [0.5, 0.6) is 5.75 Å². The zero-order chi connectivity index (χ0) is 13.4. The lowest BCUT2D eigenvalue weighted by Gasteiger charge is -2.15. The molecule has 0 heterocycles. The zero-order valence-electron chi connectivity index (χ0n) is 11.1. The van der Waals surface area contributed by atoms with E-state index in [1.165, 1.54) is 0 Å². The van der Waals surface area contributed by atoms with Crippen LogP contribution >= 0.6 is 0 Å². The van der Waals surface area contributed by atoms with Crippen LogP contribution in [0.25, 0.3) is 0 Å². The van der Waals surface area contributed by atoms with Crippen LogP contribution in [-0.4, -0.2) is 42.7 Å². The number of hydrogen-bond acceptors (Lipinski definition) is 3. The number of para-hydroxylation sites is 1. The minimum Gasteiger partial charge on any atom is -0.493 e. The topological polar surface area (TPSA) is 49.8 Å². The fourth-order valence-electron chi connectivity index (χ4n) is 1.63. The van der Waals surface area contributed by atoms with E-state index in [1.807, 2.05) is 43.1 Å². The zero-order valence-corrected chi connectivity index (χ0v) is 11.1. The number of aliphatic carboxylic acids is 1. The second-order valence-corrected chi connectivity index (χ2v) is 4.41. The fourth-order valence-corrected chi connectivity index (χ4v) is 1.63. The van der Waals surface area contributed by atoms with Gasteiger partial charge in [0.15, 0.2) is 0 Å². The van der Waals surface area contributed by atoms with Gasteiger partial charge in [0.05, 0.1) is 13.0 Å². The molecule has 18 heavy (non-hydrogen) atoms. The van der Waals surface area contributed by atoms with E-state index in [0.29, 0.717) is 13.2 Å². The van der Waals surface area contributed by atoms with Gasteiger partial charge < -0.3 is 14.7 Å². The highest BCUT2D eigenvalue weighted by molar-refractivity contribution is 5.66. The standard InChI is InChI=1S/C14H21NO3/c1-12-6-3-4-7-13(12)18-11-5-9-15(2)10-8-14(16)17/h3-4,6-7H,5,8-11H2,1-2H3,(H,16,17). The maximum atomic E-state index is 10.4. The van der Waals surface area contributed by atoms with Crippen LogP contribution in [0.15, 0.2) is 24.3 Å². The second-order valence-electron chi connectivity index (χ2n) is 4.41. The van der Waals surface area contributed by atoms with Crippen molar-refractivity contribution in [2.45, 2.75) is 19.8 Å². The molecule has 4 heteroatoms. The van der Waals surface area contributed by atoms with Gasteiger partial charge in [-0.25, -0.2) is 0 Å². The van der Waals surface area contributed by atoms with E-state index in [2.05, 4.69) is 0 Å². The quantitative estimate of drug-likeness (QED) is 0.719. The number of aryl methyl sites for hydroxylation is 1. The van der Waals surface area contributed by atoms with Crippen LogP contribution in [0.2, 0.25) is 0 Å². The van der Waals surface area contributed by atoms with Crippen LogP contribution in [0.1, 0.15) is 18.4 Å². The first-order chi connectivity index (χ1) is 8.59. The lowest BCUT2D eigenvalue weighted by Crippen LogP contribution is -2.24. The molecule has 1 rings (SSSR count). The average molecular weight is 251 g/mol. The summed E-state index contributed by atoms with van der Waals surface area (Å²) in [6.45, 7) is 4.11. The molecule has 1 N–H and O–H groups in total. The maximum absolute atomic E-state index is 10.4. The third kappa shape index (κ3) is 5.68. The van der Waals surface area contributed by atoms with Crippen molar-refractivity contribution < 1.29 is 14.6 Å². The van der Waals surface area contributed by atoms with Crippen molar-refractivity contribution in [1.82, 2.24) is 4.90 Å². The Balaban J connectivity index is 2.15. The lowest BCUT2D eigenvalue weighted by atomic mass is 10.2. The Kier molecular flexibility index (Phi) is 6.22. The van der Waals surface area contributed by atoms with Crippen molar-refractivity contribution in [3.63, 3.8) is 0 Å². The molecule has 0 amide bonds. The molecular formula is C14H21NO3. The number of carbonyl (C=O) groups is 1. The summed E-state index contributed by atoms with van der Waals surface area (Å²) in [5.41, 5.74) is 1.14. The molecule has 1 aromatic carbocycles. The van der Waals surface area contributed by atoms with Crippen molar-refractivity contribution in [2.75, 3.05) is 26.7 Å². The second kappa shape index (κ2) is 7.71. The highest BCUT2D eigenvalue weighted by atomic mass is 16.5. The molecule has 0 unspecified atom stereocenters. The molecule has 0 radical (unpaired) electrons. The number of carboxylic acid groups (broad SMARTS) is 1. The summed E-state index contributed by atoms with van der Waals surface area (Å²) in [5, 5.41) is 8.56. The molecule has 0 spiro atoms. The Morgan fingerprint density at radius 1 is 1.33 bits per heavy atom. The smallest absolute Gasteiger partial charge is 0.304 e. The molecular weight excluding hydrogens is 230 g/mol. The number of benzene rings is 1. The van der Waals surface area contributed by atoms with Crippen molar-refractivity contribution in [3.05, 3.63) is 29.8 Å². The number of rotatable bonds is 8. The minimum absolute atomic E-state index is 0.190. The van der Waals surface area contributed by atoms with E-state index in [4.69, 9.17) is 9.84 Å². The molecule has 4 nitrogen and oxygen atoms in total. The third-order valence-corrected chi connectivity index (χ3v) is 2.74. The van der Waals surface area contributed by atoms with E-state index >= 15 is 0 Å². The monoisotopic (exact) mass is 251 g/mol. The van der Waals surface area contributed by atoms with Crippen LogP contribution in [0.3, 0.4) is 0 Å². The van der Waals surface area contributed by atoms with E-state index in [0.717, 1.165) is 24.3 Å². The van der Waals surface area contributed by atoms with Gasteiger partial charge in [-0.05, 0) is 32.0 Å². The molecule has 0 fully saturated rings. The number of nitrogens with zero attached hydrogens (tertiary/aromatic N) is 1. The van der Waals surface area contributed by atoms with Crippen molar-refractivity contribution >= 4 is 5.97 Å². The van der Waals surface area contributed by atoms with Crippen LogP contribution in [0.4, 0.5) is 0 Å². The summed E-state index contributed by atoms with van der Waals surface area (Å²) in [5.74, 6) is 0.170. The Morgan fingerprint density at radius 2 is 2.06 bits per heavy atom. The van der Waals surface area contributed by atoms with Gasteiger partial charge in [0.2, 0.25) is 0 Å². The Morgan fingerprint density at radius 3 is 2.72 bits per heavy atom. The van der Waals surface area contributed by atoms with Crippen LogP contribution < -0.4 is 4.74 Å². The number of carboxylic acids is 1. The Bertz CT molecular complexity index is 379. The number of ether oxygens (including phenoxy) is 1. The Hall–Kier alpha value is -1.55. The summed E-state index contributed by atoms with van der Waals surface area (Å²) < 4.78 is 5.67. The largest absolute Gasteiger partial charge is 0.493 e. The summed E-state index contributed by atoms with van der Waals surface area (Å²) in [7, 11) is 1.93. The summed E-state index contributed by atoms with van der Waals surface area (Å²) in [6.07, 6.45) is 1.08. The van der Waals surface area contributed by atoms with Gasteiger partial charge in [-0.15, -0.1) is 0 Å². The van der Waals surface area contributed by atoms with E-state index in [-0.39, 0.29) is 6.42 Å². The van der Waals surface area contributed by atoms with Gasteiger partial charge in [0.25, 0.3) is 0 Å². The maximum Gasteiger partial charge on any atom is 0.304 e. The van der Waals surface area contributed by atoms with Crippen LogP contribution in [0, 0.1) is 6.92 Å². The molecule has 0 aliphatic heterocycles. The fraction of sp³-hybridized carbons (Fsp3) is 0.500. The Labute approximate surface area is 108 Å². The molecule has 0 saturated heterocycles. The number of hydrogen-bond donors (Lipinski definition) is 1. The summed E-state index contributed by atoms with van der Waals surface area (Å²) in [4.78, 5) is 12.4. The lowest BCUT2D eigenvalue weighted by molar-refractivity contribution is -0.137. The predicted molar refractivity (Wildman–Crippen MR) is 71.0 cm³/mol. The van der Waals surface area contributed by atoms with Crippen molar-refractivity contribution in [1.29, 1.82) is 0 Å². The van der Waals surface area contributed by atoms with Gasteiger partial charge in [-0.2, -0.15) is 0 Å². The van der Waals surface area contributed by atoms with Gasteiger partial charge in [-0.1, -0.05) is 18.2 Å². The van der Waals surface area contributed by atoms with E-state index in [9.17, 15) is 4.79 Å². The highest BCUT2D eigenvalue weighted by Crippen LogP contribution is 2.16. The SMILES string of the molecule is Cc1ccccc1OCCCN(C)CCC(=O)O. The van der Waals surface area contributed by atoms with E-state index < -0.39 is 5.97 Å². The van der Waals surface area contributed by atoms with Crippen LogP contribution in [-0.2, 0) is 4.79 Å². The molecule has 0 atom stereocenters. The first-order valence-electron chi connectivity index (χ1n) is 6.18. The summed E-state index contributed by atoms with van der Waals surface area (Å²) in [6, 6.07) is 7.93.